The zero-order valence-electron chi connectivity index (χ0n) is 17.3. The fourth-order valence-corrected chi connectivity index (χ4v) is 3.53. The van der Waals surface area contributed by atoms with E-state index in [0.717, 1.165) is 27.7 Å². The number of hydrogen-bond donors (Lipinski definition) is 1. The Kier molecular flexibility index (Phi) is 5.17. The highest BCUT2D eigenvalue weighted by Crippen LogP contribution is 2.31. The molecule has 5 rings (SSSR count). The van der Waals surface area contributed by atoms with Gasteiger partial charge in [-0.1, -0.05) is 41.4 Å². The van der Waals surface area contributed by atoms with Crippen LogP contribution in [0.15, 0.2) is 71.1 Å². The summed E-state index contributed by atoms with van der Waals surface area (Å²) in [5.74, 6) is 2.17. The number of nitrogens with zero attached hydrogens (tertiary/aromatic N) is 4. The van der Waals surface area contributed by atoms with E-state index in [2.05, 4.69) is 25.5 Å². The van der Waals surface area contributed by atoms with Crippen molar-refractivity contribution < 1.29 is 9.15 Å². The molecule has 8 heteroatoms. The number of aryl methyl sites for hydroxylation is 1. The highest BCUT2D eigenvalue weighted by molar-refractivity contribution is 6.32. The number of nitrogens with one attached hydrogen (secondary N) is 1. The first kappa shape index (κ1) is 20.0. The van der Waals surface area contributed by atoms with E-state index in [-0.39, 0.29) is 5.89 Å². The maximum atomic E-state index is 6.28. The number of aromatic nitrogens is 4. The van der Waals surface area contributed by atoms with Gasteiger partial charge in [-0.3, -0.25) is 0 Å². The van der Waals surface area contributed by atoms with Crippen molar-refractivity contribution in [1.29, 1.82) is 0 Å². The van der Waals surface area contributed by atoms with E-state index >= 15 is 0 Å². The van der Waals surface area contributed by atoms with Gasteiger partial charge < -0.3 is 14.5 Å². The third kappa shape index (κ3) is 3.86. The van der Waals surface area contributed by atoms with E-state index in [9.17, 15) is 0 Å². The van der Waals surface area contributed by atoms with Gasteiger partial charge in [0.2, 0.25) is 11.7 Å². The Balaban J connectivity index is 1.55. The third-order valence-corrected chi connectivity index (χ3v) is 5.23. The second-order valence-electron chi connectivity index (χ2n) is 7.17. The lowest BCUT2D eigenvalue weighted by atomic mass is 10.1. The van der Waals surface area contributed by atoms with Gasteiger partial charge in [-0.2, -0.15) is 0 Å². The van der Waals surface area contributed by atoms with E-state index in [1.165, 1.54) is 0 Å². The quantitative estimate of drug-likeness (QED) is 0.353. The summed E-state index contributed by atoms with van der Waals surface area (Å²) in [7, 11) is 1.58. The van der Waals surface area contributed by atoms with Gasteiger partial charge >= 0.3 is 0 Å². The zero-order valence-corrected chi connectivity index (χ0v) is 18.1. The number of ether oxygens (including phenoxy) is 1. The molecular weight excluding hydrogens is 426 g/mol. The van der Waals surface area contributed by atoms with Crippen LogP contribution in [0.3, 0.4) is 0 Å². The van der Waals surface area contributed by atoms with Gasteiger partial charge in [0.15, 0.2) is 0 Å². The molecule has 0 amide bonds. The monoisotopic (exact) mass is 443 g/mol. The van der Waals surface area contributed by atoms with Crippen LogP contribution in [0.4, 0.5) is 11.5 Å². The highest BCUT2D eigenvalue weighted by Gasteiger charge is 2.16. The molecule has 0 atom stereocenters. The van der Waals surface area contributed by atoms with Crippen molar-refractivity contribution in [2.24, 2.45) is 0 Å². The molecule has 1 N–H and O–H groups in total. The predicted octanol–water partition coefficient (Wildman–Crippen LogP) is 6.06. The Morgan fingerprint density at radius 3 is 2.47 bits per heavy atom. The molecule has 0 aliphatic heterocycles. The molecule has 0 fully saturated rings. The summed E-state index contributed by atoms with van der Waals surface area (Å²) in [5.41, 5.74) is 3.49. The van der Waals surface area contributed by atoms with Gasteiger partial charge in [0.1, 0.15) is 11.6 Å². The molecule has 5 aromatic rings. The Labute approximate surface area is 189 Å². The molecule has 2 heterocycles. The minimum absolute atomic E-state index is 0.238. The summed E-state index contributed by atoms with van der Waals surface area (Å²) >= 11 is 6.28. The fourth-order valence-electron chi connectivity index (χ4n) is 3.27. The number of benzene rings is 3. The van der Waals surface area contributed by atoms with Gasteiger partial charge in [0.25, 0.3) is 5.89 Å². The van der Waals surface area contributed by atoms with Crippen molar-refractivity contribution in [2.45, 2.75) is 6.92 Å². The van der Waals surface area contributed by atoms with Gasteiger partial charge in [0.05, 0.1) is 17.6 Å². The van der Waals surface area contributed by atoms with Gasteiger partial charge in [0, 0.05) is 16.6 Å². The van der Waals surface area contributed by atoms with Crippen molar-refractivity contribution in [3.05, 3.63) is 77.3 Å². The molecule has 0 bridgehead atoms. The normalized spacial score (nSPS) is 11.0. The molecule has 2 aromatic heterocycles. The maximum absolute atomic E-state index is 6.28. The molecule has 0 aliphatic rings. The van der Waals surface area contributed by atoms with E-state index in [4.69, 9.17) is 20.8 Å². The topological polar surface area (TPSA) is 86.0 Å². The summed E-state index contributed by atoms with van der Waals surface area (Å²) in [6.45, 7) is 2.02. The molecule has 3 aromatic carbocycles. The summed E-state index contributed by atoms with van der Waals surface area (Å²) in [6.07, 6.45) is 0. The predicted molar refractivity (Wildman–Crippen MR) is 124 cm³/mol. The van der Waals surface area contributed by atoms with Crippen LogP contribution in [0.25, 0.3) is 34.1 Å². The summed E-state index contributed by atoms with van der Waals surface area (Å²) < 4.78 is 11.1. The van der Waals surface area contributed by atoms with Crippen LogP contribution in [0.1, 0.15) is 5.56 Å². The lowest BCUT2D eigenvalue weighted by Crippen LogP contribution is -2.00. The molecule has 0 radical (unpaired) electrons. The van der Waals surface area contributed by atoms with Gasteiger partial charge in [-0.15, -0.1) is 10.2 Å². The van der Waals surface area contributed by atoms with Crippen molar-refractivity contribution in [2.75, 3.05) is 12.4 Å². The van der Waals surface area contributed by atoms with Crippen LogP contribution in [0.2, 0.25) is 5.02 Å². The van der Waals surface area contributed by atoms with Crippen LogP contribution in [0.5, 0.6) is 5.75 Å². The molecule has 7 nitrogen and oxygen atoms in total. The number of rotatable bonds is 5. The Morgan fingerprint density at radius 2 is 1.69 bits per heavy atom. The van der Waals surface area contributed by atoms with Gasteiger partial charge in [-0.25, -0.2) is 9.97 Å². The van der Waals surface area contributed by atoms with Crippen LogP contribution in [-0.2, 0) is 0 Å². The van der Waals surface area contributed by atoms with Crippen LogP contribution in [-0.4, -0.2) is 27.3 Å². The van der Waals surface area contributed by atoms with Crippen molar-refractivity contribution in [1.82, 2.24) is 20.2 Å². The first-order valence-electron chi connectivity index (χ1n) is 9.89. The average Bonchev–Trinajstić information content (AvgIpc) is 3.30. The number of methoxy groups -OCH3 is 1. The Bertz CT molecular complexity index is 1420. The summed E-state index contributed by atoms with van der Waals surface area (Å²) in [6, 6.07) is 21.0. The minimum Gasteiger partial charge on any atom is -0.495 e. The lowest BCUT2D eigenvalue weighted by Gasteiger charge is -2.11. The number of halogens is 1. The molecule has 0 saturated carbocycles. The van der Waals surface area contributed by atoms with Crippen molar-refractivity contribution >= 4 is 34.0 Å². The minimum atomic E-state index is 0.238. The highest BCUT2D eigenvalue weighted by atomic mass is 35.5. The average molecular weight is 444 g/mol. The number of hydrogen-bond acceptors (Lipinski definition) is 7. The fraction of sp³-hybridized carbons (Fsp3) is 0.0833. The number of para-hydroxylation sites is 1. The number of anilines is 2. The SMILES string of the molecule is COc1ccc(Nc2nc(-c3nnc(-c4ccc(C)cc4)o3)nc3ccccc23)cc1Cl. The Morgan fingerprint density at radius 1 is 0.906 bits per heavy atom. The van der Waals surface area contributed by atoms with E-state index in [1.54, 1.807) is 19.2 Å². The molecule has 158 valence electrons. The van der Waals surface area contributed by atoms with E-state index in [1.807, 2.05) is 61.5 Å². The molecule has 0 aliphatic carbocycles. The molecule has 32 heavy (non-hydrogen) atoms. The Hall–Kier alpha value is -3.97. The van der Waals surface area contributed by atoms with E-state index < -0.39 is 0 Å². The largest absolute Gasteiger partial charge is 0.495 e. The van der Waals surface area contributed by atoms with Crippen molar-refractivity contribution in [3.63, 3.8) is 0 Å². The molecular formula is C24H18ClN5O2. The van der Waals surface area contributed by atoms with Gasteiger partial charge in [-0.05, 0) is 49.4 Å². The van der Waals surface area contributed by atoms with E-state index in [0.29, 0.717) is 28.3 Å². The molecule has 0 saturated heterocycles. The summed E-state index contributed by atoms with van der Waals surface area (Å²) in [5, 5.41) is 13.0. The zero-order chi connectivity index (χ0) is 22.1. The maximum Gasteiger partial charge on any atom is 0.286 e. The second kappa shape index (κ2) is 8.28. The van der Waals surface area contributed by atoms with Crippen LogP contribution < -0.4 is 10.1 Å². The first-order valence-corrected chi connectivity index (χ1v) is 10.3. The first-order chi connectivity index (χ1) is 15.6. The van der Waals surface area contributed by atoms with Crippen molar-refractivity contribution in [3.8, 4) is 28.9 Å². The molecule has 0 unspecified atom stereocenters. The smallest absolute Gasteiger partial charge is 0.286 e. The van der Waals surface area contributed by atoms with Crippen LogP contribution >= 0.6 is 11.6 Å². The lowest BCUT2D eigenvalue weighted by molar-refractivity contribution is 0.415. The second-order valence-corrected chi connectivity index (χ2v) is 7.57. The number of fused-ring (bicyclic) bond motifs is 1. The standard InChI is InChI=1S/C24H18ClN5O2/c1-14-7-9-15(10-8-14)23-29-30-24(32-23)22-27-19-6-4-3-5-17(19)21(28-22)26-16-11-12-20(31-2)18(25)13-16/h3-13H,1-2H3,(H,26,27,28). The molecule has 0 spiro atoms. The summed E-state index contributed by atoms with van der Waals surface area (Å²) in [4.78, 5) is 9.29. The van der Waals surface area contributed by atoms with Crippen LogP contribution in [0, 0.1) is 6.92 Å². The third-order valence-electron chi connectivity index (χ3n) is 4.93.